The van der Waals surface area contributed by atoms with Crippen molar-refractivity contribution in [1.29, 1.82) is 0 Å². The number of aliphatic hydroxyl groups is 1. The van der Waals surface area contributed by atoms with Crippen LogP contribution in [0.1, 0.15) is 65.0 Å². The van der Waals surface area contributed by atoms with Crippen LogP contribution in [0.3, 0.4) is 0 Å². The van der Waals surface area contributed by atoms with E-state index in [1.807, 2.05) is 26.0 Å². The Morgan fingerprint density at radius 3 is 2.67 bits per heavy atom. The molecule has 0 saturated heterocycles. The summed E-state index contributed by atoms with van der Waals surface area (Å²) in [6.07, 6.45) is 4.70. The molecule has 0 fully saturated rings. The second-order valence-corrected chi connectivity index (χ2v) is 8.88. The third-order valence-corrected chi connectivity index (χ3v) is 5.87. The maximum Gasteiger partial charge on any atom is 0.156 e. The molecule has 1 atom stereocenters. The Kier molecular flexibility index (Phi) is 5.66. The number of halogens is 1. The lowest BCUT2D eigenvalue weighted by Gasteiger charge is -2.36. The van der Waals surface area contributed by atoms with Crippen LogP contribution >= 0.6 is 0 Å². The Balaban J connectivity index is 1.66. The first-order valence-electron chi connectivity index (χ1n) is 9.97. The van der Waals surface area contributed by atoms with E-state index in [-0.39, 0.29) is 17.5 Å². The molecule has 0 saturated carbocycles. The van der Waals surface area contributed by atoms with Gasteiger partial charge in [0.05, 0.1) is 6.10 Å². The Labute approximate surface area is 162 Å². The van der Waals surface area contributed by atoms with Gasteiger partial charge in [-0.3, -0.25) is 4.90 Å². The van der Waals surface area contributed by atoms with Crippen molar-refractivity contribution in [3.63, 3.8) is 0 Å². The quantitative estimate of drug-likeness (QED) is 0.678. The molecule has 2 aliphatic rings. The molecule has 3 rings (SSSR count). The molecule has 1 aliphatic carbocycles. The summed E-state index contributed by atoms with van der Waals surface area (Å²) in [6.45, 7) is 12.3. The SMILES string of the molecule is CC(C)OC1=C(O)CC(C)C(CCC(C)(C)N2Cc3ccc(F)cc3C2)=C1. The van der Waals surface area contributed by atoms with E-state index in [1.165, 1.54) is 11.1 Å². The smallest absolute Gasteiger partial charge is 0.156 e. The fourth-order valence-corrected chi connectivity index (χ4v) is 3.99. The van der Waals surface area contributed by atoms with Crippen LogP contribution < -0.4 is 0 Å². The highest BCUT2D eigenvalue weighted by molar-refractivity contribution is 5.32. The van der Waals surface area contributed by atoms with Gasteiger partial charge in [0.2, 0.25) is 0 Å². The molecule has 1 unspecified atom stereocenters. The molecule has 0 bridgehead atoms. The van der Waals surface area contributed by atoms with Crippen LogP contribution in [-0.4, -0.2) is 21.6 Å². The minimum Gasteiger partial charge on any atom is -0.508 e. The van der Waals surface area contributed by atoms with Crippen LogP contribution in [0, 0.1) is 11.7 Å². The number of nitrogens with zero attached hydrogens (tertiary/aromatic N) is 1. The zero-order valence-corrected chi connectivity index (χ0v) is 17.2. The summed E-state index contributed by atoms with van der Waals surface area (Å²) >= 11 is 0. The number of ether oxygens (including phenoxy) is 1. The normalized spacial score (nSPS) is 20.9. The first-order valence-corrected chi connectivity index (χ1v) is 9.97. The molecule has 3 nitrogen and oxygen atoms in total. The van der Waals surface area contributed by atoms with E-state index in [0.29, 0.717) is 23.9 Å². The number of hydrogen-bond acceptors (Lipinski definition) is 3. The lowest BCUT2D eigenvalue weighted by molar-refractivity contribution is 0.108. The van der Waals surface area contributed by atoms with Gasteiger partial charge in [0.25, 0.3) is 0 Å². The average molecular weight is 374 g/mol. The zero-order valence-electron chi connectivity index (χ0n) is 17.2. The van der Waals surface area contributed by atoms with Crippen LogP contribution in [0.5, 0.6) is 0 Å². The second-order valence-electron chi connectivity index (χ2n) is 8.88. The Bertz CT molecular complexity index is 764. The number of allylic oxidation sites excluding steroid dienone is 3. The van der Waals surface area contributed by atoms with Gasteiger partial charge in [0, 0.05) is 25.0 Å². The van der Waals surface area contributed by atoms with Crippen molar-refractivity contribution < 1.29 is 14.2 Å². The number of benzene rings is 1. The standard InChI is InChI=1S/C23H32FNO2/c1-15(2)27-22-12-17(16(3)10-21(22)26)8-9-23(4,5)25-13-18-6-7-20(24)11-19(18)14-25/h6-7,11-12,15-16,26H,8-10,13-14H2,1-5H3. The van der Waals surface area contributed by atoms with Crippen molar-refractivity contribution in [2.45, 2.75) is 78.6 Å². The fraction of sp³-hybridized carbons (Fsp3) is 0.565. The number of rotatable bonds is 6. The predicted molar refractivity (Wildman–Crippen MR) is 107 cm³/mol. The van der Waals surface area contributed by atoms with E-state index in [2.05, 4.69) is 25.7 Å². The molecule has 1 aromatic rings. The van der Waals surface area contributed by atoms with Crippen LogP contribution in [0.25, 0.3) is 0 Å². The van der Waals surface area contributed by atoms with Crippen LogP contribution in [0.15, 0.2) is 41.4 Å². The summed E-state index contributed by atoms with van der Waals surface area (Å²) in [5, 5.41) is 10.2. The molecule has 1 heterocycles. The molecule has 148 valence electrons. The molecular formula is C23H32FNO2. The van der Waals surface area contributed by atoms with Crippen molar-refractivity contribution in [3.8, 4) is 0 Å². The van der Waals surface area contributed by atoms with Crippen molar-refractivity contribution in [2.24, 2.45) is 5.92 Å². The van der Waals surface area contributed by atoms with Crippen LogP contribution in [0.2, 0.25) is 0 Å². The molecule has 1 aliphatic heterocycles. The van der Waals surface area contributed by atoms with Gasteiger partial charge in [0.1, 0.15) is 11.6 Å². The van der Waals surface area contributed by atoms with Gasteiger partial charge in [-0.2, -0.15) is 0 Å². The van der Waals surface area contributed by atoms with Gasteiger partial charge in [-0.15, -0.1) is 0 Å². The van der Waals surface area contributed by atoms with Crippen molar-refractivity contribution in [2.75, 3.05) is 0 Å². The van der Waals surface area contributed by atoms with Crippen LogP contribution in [0.4, 0.5) is 4.39 Å². The van der Waals surface area contributed by atoms with E-state index >= 15 is 0 Å². The lowest BCUT2D eigenvalue weighted by atomic mass is 9.84. The van der Waals surface area contributed by atoms with E-state index < -0.39 is 0 Å². The summed E-state index contributed by atoms with van der Waals surface area (Å²) in [4.78, 5) is 2.43. The first kappa shape index (κ1) is 19.9. The molecule has 27 heavy (non-hydrogen) atoms. The fourth-order valence-electron chi connectivity index (χ4n) is 3.99. The largest absolute Gasteiger partial charge is 0.508 e. The Morgan fingerprint density at radius 1 is 1.26 bits per heavy atom. The number of hydrogen-bond donors (Lipinski definition) is 1. The van der Waals surface area contributed by atoms with Crippen molar-refractivity contribution in [3.05, 3.63) is 58.3 Å². The lowest BCUT2D eigenvalue weighted by Crippen LogP contribution is -2.40. The summed E-state index contributed by atoms with van der Waals surface area (Å²) in [5.74, 6) is 1.15. The predicted octanol–water partition coefficient (Wildman–Crippen LogP) is 5.86. The molecule has 0 radical (unpaired) electrons. The maximum atomic E-state index is 13.5. The molecule has 1 aromatic carbocycles. The molecule has 1 N–H and O–H groups in total. The Morgan fingerprint density at radius 2 is 1.96 bits per heavy atom. The van der Waals surface area contributed by atoms with Gasteiger partial charge in [0.15, 0.2) is 5.76 Å². The van der Waals surface area contributed by atoms with Gasteiger partial charge >= 0.3 is 0 Å². The molecule has 0 amide bonds. The topological polar surface area (TPSA) is 32.7 Å². The van der Waals surface area contributed by atoms with Gasteiger partial charge in [-0.1, -0.05) is 18.6 Å². The first-order chi connectivity index (χ1) is 12.7. The number of aliphatic hydroxyl groups excluding tert-OH is 1. The summed E-state index contributed by atoms with van der Waals surface area (Å²) in [6, 6.07) is 5.13. The minimum atomic E-state index is -0.154. The third kappa shape index (κ3) is 4.55. The summed E-state index contributed by atoms with van der Waals surface area (Å²) in [7, 11) is 0. The van der Waals surface area contributed by atoms with E-state index in [9.17, 15) is 9.50 Å². The highest BCUT2D eigenvalue weighted by atomic mass is 19.1. The summed E-state index contributed by atoms with van der Waals surface area (Å²) < 4.78 is 19.3. The van der Waals surface area contributed by atoms with E-state index in [4.69, 9.17) is 4.74 Å². The van der Waals surface area contributed by atoms with Crippen LogP contribution in [-0.2, 0) is 17.8 Å². The van der Waals surface area contributed by atoms with E-state index in [0.717, 1.165) is 31.5 Å². The van der Waals surface area contributed by atoms with Crippen molar-refractivity contribution >= 4 is 0 Å². The molecular weight excluding hydrogens is 341 g/mol. The monoisotopic (exact) mass is 373 g/mol. The average Bonchev–Trinajstić information content (AvgIpc) is 3.00. The summed E-state index contributed by atoms with van der Waals surface area (Å²) in [5.41, 5.74) is 3.68. The highest BCUT2D eigenvalue weighted by Crippen LogP contribution is 2.36. The van der Waals surface area contributed by atoms with Gasteiger partial charge in [-0.05, 0) is 75.8 Å². The van der Waals surface area contributed by atoms with Gasteiger partial charge < -0.3 is 9.84 Å². The molecule has 0 aromatic heterocycles. The maximum absolute atomic E-state index is 13.5. The van der Waals surface area contributed by atoms with E-state index in [1.54, 1.807) is 12.1 Å². The third-order valence-electron chi connectivity index (χ3n) is 5.87. The van der Waals surface area contributed by atoms with Gasteiger partial charge in [-0.25, -0.2) is 4.39 Å². The van der Waals surface area contributed by atoms with Crippen molar-refractivity contribution in [1.82, 2.24) is 4.90 Å². The second kappa shape index (κ2) is 7.67. The number of fused-ring (bicyclic) bond motifs is 1. The molecule has 0 spiro atoms. The highest BCUT2D eigenvalue weighted by Gasteiger charge is 2.32. The Hall–Kier alpha value is -1.81. The zero-order chi connectivity index (χ0) is 19.8. The minimum absolute atomic E-state index is 0.0122. The molecule has 4 heteroatoms.